The summed E-state index contributed by atoms with van der Waals surface area (Å²) in [6, 6.07) is 2.07. The maximum atomic E-state index is 13.6. The number of methoxy groups -OCH3 is 2. The molecule has 0 bridgehead atoms. The van der Waals surface area contributed by atoms with Crippen LogP contribution < -0.4 is 20.1 Å². The fourth-order valence-corrected chi connectivity index (χ4v) is 2.05. The molecule has 2 N–H and O–H groups in total. The normalized spacial score (nSPS) is 13.8. The van der Waals surface area contributed by atoms with Crippen molar-refractivity contribution >= 4 is 17.7 Å². The van der Waals surface area contributed by atoms with Crippen molar-refractivity contribution in [2.24, 2.45) is 0 Å². The van der Waals surface area contributed by atoms with Crippen LogP contribution in [-0.4, -0.2) is 57.5 Å². The van der Waals surface area contributed by atoms with E-state index >= 15 is 0 Å². The SMILES string of the molecule is CCOC(=O)[C@](NC(=O)Nc1ccc(OC)cc1OC)(OCC(F)(F)F)C(F)(F)F. The van der Waals surface area contributed by atoms with Gasteiger partial charge in [-0.15, -0.1) is 0 Å². The highest BCUT2D eigenvalue weighted by molar-refractivity contribution is 5.95. The average molecular weight is 448 g/mol. The maximum Gasteiger partial charge on any atom is 0.448 e. The van der Waals surface area contributed by atoms with E-state index in [2.05, 4.69) is 9.47 Å². The van der Waals surface area contributed by atoms with Crippen molar-refractivity contribution in [3.05, 3.63) is 18.2 Å². The van der Waals surface area contributed by atoms with Gasteiger partial charge in [-0.05, 0) is 19.1 Å². The molecule has 0 saturated heterocycles. The zero-order valence-electron chi connectivity index (χ0n) is 15.9. The first-order valence-corrected chi connectivity index (χ1v) is 8.05. The zero-order chi connectivity index (χ0) is 23.2. The molecular formula is C16H18F6N2O6. The molecule has 0 fully saturated rings. The van der Waals surface area contributed by atoms with Crippen molar-refractivity contribution < 1.29 is 54.9 Å². The molecule has 1 atom stereocenters. The van der Waals surface area contributed by atoms with Crippen LogP contribution in [0, 0.1) is 0 Å². The lowest BCUT2D eigenvalue weighted by Gasteiger charge is -2.33. The van der Waals surface area contributed by atoms with Crippen LogP contribution in [0.5, 0.6) is 11.5 Å². The van der Waals surface area contributed by atoms with E-state index in [1.807, 2.05) is 5.32 Å². The van der Waals surface area contributed by atoms with Crippen molar-refractivity contribution in [2.45, 2.75) is 25.0 Å². The van der Waals surface area contributed by atoms with E-state index in [1.54, 1.807) is 0 Å². The smallest absolute Gasteiger partial charge is 0.448 e. The molecule has 0 aliphatic carbocycles. The molecule has 1 rings (SSSR count). The molecule has 0 aromatic heterocycles. The summed E-state index contributed by atoms with van der Waals surface area (Å²) in [5.41, 5.74) is -4.59. The number of amides is 2. The van der Waals surface area contributed by atoms with Crippen LogP contribution in [0.4, 0.5) is 36.8 Å². The van der Waals surface area contributed by atoms with Gasteiger partial charge in [-0.1, -0.05) is 0 Å². The van der Waals surface area contributed by atoms with Gasteiger partial charge in [-0.25, -0.2) is 9.59 Å². The van der Waals surface area contributed by atoms with E-state index in [1.165, 1.54) is 32.4 Å². The largest absolute Gasteiger partial charge is 0.497 e. The highest BCUT2D eigenvalue weighted by atomic mass is 19.4. The predicted octanol–water partition coefficient (Wildman–Crippen LogP) is 3.23. The number of carbonyl (C=O) groups is 2. The molecule has 2 amide bonds. The van der Waals surface area contributed by atoms with Crippen LogP contribution >= 0.6 is 0 Å². The van der Waals surface area contributed by atoms with Gasteiger partial charge < -0.3 is 24.3 Å². The number of benzene rings is 1. The minimum absolute atomic E-state index is 0.0468. The Hall–Kier alpha value is -2.90. The molecule has 170 valence electrons. The number of hydrogen-bond acceptors (Lipinski definition) is 6. The molecule has 0 aliphatic rings. The number of nitrogens with one attached hydrogen (secondary N) is 2. The summed E-state index contributed by atoms with van der Waals surface area (Å²) in [6.45, 7) is -2.00. The fraction of sp³-hybridized carbons (Fsp3) is 0.500. The summed E-state index contributed by atoms with van der Waals surface area (Å²) >= 11 is 0. The molecule has 14 heteroatoms. The molecule has 30 heavy (non-hydrogen) atoms. The molecule has 1 aromatic carbocycles. The van der Waals surface area contributed by atoms with Gasteiger partial charge in [0.25, 0.3) is 0 Å². The van der Waals surface area contributed by atoms with E-state index in [0.717, 1.165) is 12.2 Å². The van der Waals surface area contributed by atoms with E-state index < -0.39 is 43.3 Å². The molecule has 0 heterocycles. The van der Waals surface area contributed by atoms with Gasteiger partial charge in [0.15, 0.2) is 0 Å². The van der Waals surface area contributed by atoms with Crippen molar-refractivity contribution in [1.29, 1.82) is 0 Å². The number of esters is 1. The van der Waals surface area contributed by atoms with Crippen LogP contribution in [0.25, 0.3) is 0 Å². The quantitative estimate of drug-likeness (QED) is 0.360. The van der Waals surface area contributed by atoms with E-state index in [-0.39, 0.29) is 17.2 Å². The minimum atomic E-state index is -5.80. The summed E-state index contributed by atoms with van der Waals surface area (Å²) in [5.74, 6) is -2.05. The van der Waals surface area contributed by atoms with E-state index in [4.69, 9.17) is 9.47 Å². The maximum absolute atomic E-state index is 13.6. The van der Waals surface area contributed by atoms with Crippen molar-refractivity contribution in [2.75, 3.05) is 32.8 Å². The van der Waals surface area contributed by atoms with Crippen molar-refractivity contribution in [3.63, 3.8) is 0 Å². The van der Waals surface area contributed by atoms with Crippen LogP contribution in [0.15, 0.2) is 18.2 Å². The summed E-state index contributed by atoms with van der Waals surface area (Å²) in [5, 5.41) is 3.03. The van der Waals surface area contributed by atoms with Gasteiger partial charge in [0.05, 0.1) is 26.5 Å². The van der Waals surface area contributed by atoms with Gasteiger partial charge in [0, 0.05) is 6.07 Å². The van der Waals surface area contributed by atoms with Gasteiger partial charge in [-0.3, -0.25) is 5.32 Å². The number of halogens is 6. The number of urea groups is 1. The Labute approximate surface area is 166 Å². The Morgan fingerprint density at radius 2 is 1.67 bits per heavy atom. The molecule has 0 aliphatic heterocycles. The van der Waals surface area contributed by atoms with E-state index in [9.17, 15) is 35.9 Å². The second-order valence-electron chi connectivity index (χ2n) is 5.45. The number of hydrogen-bond donors (Lipinski definition) is 2. The van der Waals surface area contributed by atoms with Crippen molar-refractivity contribution in [3.8, 4) is 11.5 Å². The summed E-state index contributed by atoms with van der Waals surface area (Å²) in [7, 11) is 2.51. The number of ether oxygens (including phenoxy) is 4. The third kappa shape index (κ3) is 6.30. The summed E-state index contributed by atoms with van der Waals surface area (Å²) < 4.78 is 96.1. The Morgan fingerprint density at radius 1 is 1.03 bits per heavy atom. The average Bonchev–Trinajstić information content (AvgIpc) is 2.63. The standard InChI is InChI=1S/C16H18F6N2O6/c1-4-29-12(25)15(16(20,21)22,30-8-14(17,18)19)24-13(26)23-10-6-5-9(27-2)7-11(10)28-3/h5-7H,4,8H2,1-3H3,(H2,23,24,26)/t15-/m0/s1. The van der Waals surface area contributed by atoms with Crippen LogP contribution in [0.2, 0.25) is 0 Å². The summed E-state index contributed by atoms with van der Waals surface area (Å²) in [4.78, 5) is 24.1. The Kier molecular flexibility index (Phi) is 8.16. The first-order chi connectivity index (χ1) is 13.8. The molecule has 0 radical (unpaired) electrons. The number of rotatable bonds is 8. The Bertz CT molecular complexity index is 755. The molecule has 0 saturated carbocycles. The highest BCUT2D eigenvalue weighted by Crippen LogP contribution is 2.35. The van der Waals surface area contributed by atoms with Gasteiger partial charge in [-0.2, -0.15) is 26.3 Å². The second-order valence-corrected chi connectivity index (χ2v) is 5.45. The lowest BCUT2D eigenvalue weighted by molar-refractivity contribution is -0.305. The van der Waals surface area contributed by atoms with Gasteiger partial charge in [0.1, 0.15) is 18.1 Å². The van der Waals surface area contributed by atoms with Crippen molar-refractivity contribution in [1.82, 2.24) is 5.32 Å². The molecule has 8 nitrogen and oxygen atoms in total. The van der Waals surface area contributed by atoms with Crippen LogP contribution in [0.3, 0.4) is 0 Å². The lowest BCUT2D eigenvalue weighted by Crippen LogP contribution is -2.67. The highest BCUT2D eigenvalue weighted by Gasteiger charge is 2.66. The van der Waals surface area contributed by atoms with E-state index in [0.29, 0.717) is 0 Å². The first kappa shape index (κ1) is 25.1. The molecule has 0 unspecified atom stereocenters. The molecular weight excluding hydrogens is 430 g/mol. The Balaban J connectivity index is 3.25. The fourth-order valence-electron chi connectivity index (χ4n) is 2.05. The Morgan fingerprint density at radius 3 is 2.13 bits per heavy atom. The molecule has 1 aromatic rings. The lowest BCUT2D eigenvalue weighted by atomic mass is 10.2. The molecule has 0 spiro atoms. The predicted molar refractivity (Wildman–Crippen MR) is 89.1 cm³/mol. The third-order valence-corrected chi connectivity index (χ3v) is 3.36. The number of alkyl halides is 6. The second kappa shape index (κ2) is 9.73. The third-order valence-electron chi connectivity index (χ3n) is 3.36. The van der Waals surface area contributed by atoms with Gasteiger partial charge >= 0.3 is 30.1 Å². The number of anilines is 1. The van der Waals surface area contributed by atoms with Crippen LogP contribution in [0.1, 0.15) is 6.92 Å². The first-order valence-electron chi connectivity index (χ1n) is 8.05. The van der Waals surface area contributed by atoms with Crippen LogP contribution in [-0.2, 0) is 14.3 Å². The van der Waals surface area contributed by atoms with Gasteiger partial charge in [0.2, 0.25) is 0 Å². The minimum Gasteiger partial charge on any atom is -0.497 e. The zero-order valence-corrected chi connectivity index (χ0v) is 15.9. The summed E-state index contributed by atoms with van der Waals surface area (Å²) in [6.07, 6.45) is -11.0. The monoisotopic (exact) mass is 448 g/mol. The number of carbonyl (C=O) groups excluding carboxylic acids is 2. The topological polar surface area (TPSA) is 95.1 Å².